The number of benzene rings is 1. The average Bonchev–Trinajstić information content (AvgIpc) is 2.32. The van der Waals surface area contributed by atoms with Gasteiger partial charge in [-0.3, -0.25) is 4.79 Å². The molecule has 2 atom stereocenters. The molecule has 1 fully saturated rings. The second-order valence-electron chi connectivity index (χ2n) is 4.88. The number of hydrogen-bond donors (Lipinski definition) is 2. The highest BCUT2D eigenvalue weighted by Crippen LogP contribution is 2.20. The number of rotatable bonds is 2. The number of hydrogen-bond acceptors (Lipinski definition) is 2. The van der Waals surface area contributed by atoms with E-state index >= 15 is 0 Å². The normalized spacial score (nSPS) is 24.4. The topological polar surface area (TPSA) is 41.1 Å². The van der Waals surface area contributed by atoms with Gasteiger partial charge in [0.25, 0.3) is 0 Å². The fraction of sp³-hybridized carbons (Fsp3) is 0.500. The Labute approximate surface area is 103 Å². The maximum absolute atomic E-state index is 12.1. The SMILES string of the molecule is Cc1ccccc1NC(=O)C1CCNC(C)C1. The molecule has 92 valence electrons. The maximum Gasteiger partial charge on any atom is 0.227 e. The van der Waals surface area contributed by atoms with E-state index in [4.69, 9.17) is 0 Å². The van der Waals surface area contributed by atoms with Crippen LogP contribution in [0.5, 0.6) is 0 Å². The lowest BCUT2D eigenvalue weighted by molar-refractivity contribution is -0.120. The van der Waals surface area contributed by atoms with Crippen molar-refractivity contribution in [1.29, 1.82) is 0 Å². The monoisotopic (exact) mass is 232 g/mol. The molecule has 1 aliphatic rings. The summed E-state index contributed by atoms with van der Waals surface area (Å²) in [6, 6.07) is 8.35. The van der Waals surface area contributed by atoms with Crippen molar-refractivity contribution in [2.45, 2.75) is 32.7 Å². The van der Waals surface area contributed by atoms with Gasteiger partial charge in [0, 0.05) is 17.6 Å². The highest BCUT2D eigenvalue weighted by molar-refractivity contribution is 5.93. The van der Waals surface area contributed by atoms with Gasteiger partial charge in [-0.05, 0) is 44.9 Å². The van der Waals surface area contributed by atoms with E-state index in [1.165, 1.54) is 0 Å². The molecule has 0 radical (unpaired) electrons. The molecule has 3 nitrogen and oxygen atoms in total. The number of piperidine rings is 1. The number of nitrogens with one attached hydrogen (secondary N) is 2. The summed E-state index contributed by atoms with van der Waals surface area (Å²) >= 11 is 0. The van der Waals surface area contributed by atoms with Crippen molar-refractivity contribution >= 4 is 11.6 Å². The van der Waals surface area contributed by atoms with Crippen molar-refractivity contribution in [3.8, 4) is 0 Å². The Morgan fingerprint density at radius 1 is 1.41 bits per heavy atom. The van der Waals surface area contributed by atoms with Crippen LogP contribution in [0.4, 0.5) is 5.69 Å². The fourth-order valence-electron chi connectivity index (χ4n) is 2.32. The average molecular weight is 232 g/mol. The predicted molar refractivity (Wildman–Crippen MR) is 70.0 cm³/mol. The van der Waals surface area contributed by atoms with Crippen LogP contribution in [0.25, 0.3) is 0 Å². The molecule has 0 aliphatic carbocycles. The van der Waals surface area contributed by atoms with Crippen LogP contribution in [-0.2, 0) is 4.79 Å². The van der Waals surface area contributed by atoms with Gasteiger partial charge in [0.1, 0.15) is 0 Å². The first-order chi connectivity index (χ1) is 8.16. The molecule has 2 unspecified atom stereocenters. The van der Waals surface area contributed by atoms with Crippen molar-refractivity contribution in [2.75, 3.05) is 11.9 Å². The van der Waals surface area contributed by atoms with E-state index < -0.39 is 0 Å². The number of amides is 1. The van der Waals surface area contributed by atoms with Gasteiger partial charge in [0.2, 0.25) is 5.91 Å². The molecule has 3 heteroatoms. The zero-order valence-corrected chi connectivity index (χ0v) is 10.5. The molecule has 0 spiro atoms. The number of anilines is 1. The summed E-state index contributed by atoms with van der Waals surface area (Å²) in [6.45, 7) is 5.08. The Hall–Kier alpha value is -1.35. The van der Waals surface area contributed by atoms with E-state index in [2.05, 4.69) is 17.6 Å². The third-order valence-corrected chi connectivity index (χ3v) is 3.40. The minimum atomic E-state index is 0.144. The summed E-state index contributed by atoms with van der Waals surface area (Å²) in [5, 5.41) is 6.40. The molecular formula is C14H20N2O. The van der Waals surface area contributed by atoms with Gasteiger partial charge < -0.3 is 10.6 Å². The summed E-state index contributed by atoms with van der Waals surface area (Å²) < 4.78 is 0. The Balaban J connectivity index is 1.99. The van der Waals surface area contributed by atoms with Gasteiger partial charge >= 0.3 is 0 Å². The van der Waals surface area contributed by atoms with Crippen molar-refractivity contribution in [3.63, 3.8) is 0 Å². The maximum atomic E-state index is 12.1. The molecule has 0 aromatic heterocycles. The van der Waals surface area contributed by atoms with E-state index in [1.54, 1.807) is 0 Å². The molecule has 1 amide bonds. The molecule has 0 saturated carbocycles. The number of aryl methyl sites for hydroxylation is 1. The largest absolute Gasteiger partial charge is 0.326 e. The molecule has 17 heavy (non-hydrogen) atoms. The summed E-state index contributed by atoms with van der Waals surface area (Å²) in [4.78, 5) is 12.1. The lowest BCUT2D eigenvalue weighted by Crippen LogP contribution is -2.40. The van der Waals surface area contributed by atoms with E-state index in [-0.39, 0.29) is 11.8 Å². The first-order valence-electron chi connectivity index (χ1n) is 6.26. The first-order valence-corrected chi connectivity index (χ1v) is 6.26. The molecular weight excluding hydrogens is 212 g/mol. The Morgan fingerprint density at radius 2 is 2.18 bits per heavy atom. The van der Waals surface area contributed by atoms with Crippen molar-refractivity contribution in [3.05, 3.63) is 29.8 Å². The first kappa shape index (κ1) is 12.1. The summed E-state index contributed by atoms with van der Waals surface area (Å²) in [6.07, 6.45) is 1.86. The van der Waals surface area contributed by atoms with Gasteiger partial charge in [-0.1, -0.05) is 18.2 Å². The zero-order valence-electron chi connectivity index (χ0n) is 10.5. The second kappa shape index (κ2) is 5.32. The predicted octanol–water partition coefficient (Wildman–Crippen LogP) is 2.32. The highest BCUT2D eigenvalue weighted by atomic mass is 16.1. The summed E-state index contributed by atoms with van der Waals surface area (Å²) in [5.41, 5.74) is 2.05. The second-order valence-corrected chi connectivity index (χ2v) is 4.88. The third kappa shape index (κ3) is 3.07. The summed E-state index contributed by atoms with van der Waals surface area (Å²) in [7, 11) is 0. The lowest BCUT2D eigenvalue weighted by Gasteiger charge is -2.27. The lowest BCUT2D eigenvalue weighted by atomic mass is 9.92. The quantitative estimate of drug-likeness (QED) is 0.821. The molecule has 1 saturated heterocycles. The van der Waals surface area contributed by atoms with Crippen LogP contribution in [0.3, 0.4) is 0 Å². The van der Waals surface area contributed by atoms with Gasteiger partial charge in [-0.2, -0.15) is 0 Å². The molecule has 1 aromatic rings. The van der Waals surface area contributed by atoms with E-state index in [1.807, 2.05) is 31.2 Å². The van der Waals surface area contributed by atoms with Gasteiger partial charge in [0.15, 0.2) is 0 Å². The van der Waals surface area contributed by atoms with E-state index in [9.17, 15) is 4.79 Å². The molecule has 1 heterocycles. The van der Waals surface area contributed by atoms with Gasteiger partial charge in [-0.15, -0.1) is 0 Å². The van der Waals surface area contributed by atoms with E-state index in [0.717, 1.165) is 30.6 Å². The van der Waals surface area contributed by atoms with Crippen LogP contribution >= 0.6 is 0 Å². The Morgan fingerprint density at radius 3 is 2.88 bits per heavy atom. The van der Waals surface area contributed by atoms with Gasteiger partial charge in [0.05, 0.1) is 0 Å². The van der Waals surface area contributed by atoms with Crippen molar-refractivity contribution in [2.24, 2.45) is 5.92 Å². The Bertz CT molecular complexity index is 403. The zero-order chi connectivity index (χ0) is 12.3. The molecule has 1 aromatic carbocycles. The number of carbonyl (C=O) groups is 1. The van der Waals surface area contributed by atoms with Crippen LogP contribution in [-0.4, -0.2) is 18.5 Å². The van der Waals surface area contributed by atoms with Crippen LogP contribution in [0.15, 0.2) is 24.3 Å². The fourth-order valence-corrected chi connectivity index (χ4v) is 2.32. The standard InChI is InChI=1S/C14H20N2O/c1-10-5-3-4-6-13(10)16-14(17)12-7-8-15-11(2)9-12/h3-6,11-12,15H,7-9H2,1-2H3,(H,16,17). The molecule has 2 N–H and O–H groups in total. The van der Waals surface area contributed by atoms with Crippen molar-refractivity contribution < 1.29 is 4.79 Å². The number of carbonyl (C=O) groups excluding carboxylic acids is 1. The van der Waals surface area contributed by atoms with Crippen LogP contribution < -0.4 is 10.6 Å². The van der Waals surface area contributed by atoms with E-state index in [0.29, 0.717) is 6.04 Å². The minimum absolute atomic E-state index is 0.144. The molecule has 1 aliphatic heterocycles. The minimum Gasteiger partial charge on any atom is -0.326 e. The number of para-hydroxylation sites is 1. The Kier molecular flexibility index (Phi) is 3.79. The summed E-state index contributed by atoms with van der Waals surface area (Å²) in [5.74, 6) is 0.304. The molecule has 0 bridgehead atoms. The van der Waals surface area contributed by atoms with Crippen molar-refractivity contribution in [1.82, 2.24) is 5.32 Å². The molecule has 2 rings (SSSR count). The third-order valence-electron chi connectivity index (χ3n) is 3.40. The van der Waals surface area contributed by atoms with Crippen LogP contribution in [0.2, 0.25) is 0 Å². The van der Waals surface area contributed by atoms with Gasteiger partial charge in [-0.25, -0.2) is 0 Å². The highest BCUT2D eigenvalue weighted by Gasteiger charge is 2.24. The van der Waals surface area contributed by atoms with Crippen LogP contribution in [0.1, 0.15) is 25.3 Å². The van der Waals surface area contributed by atoms with Crippen LogP contribution in [0, 0.1) is 12.8 Å². The smallest absolute Gasteiger partial charge is 0.227 e.